The van der Waals surface area contributed by atoms with Gasteiger partial charge in [-0.1, -0.05) is 0 Å². The van der Waals surface area contributed by atoms with Gasteiger partial charge in [0.2, 0.25) is 5.91 Å². The third kappa shape index (κ3) is 3.28. The lowest BCUT2D eigenvalue weighted by Gasteiger charge is -2.56. The molecule has 170 valence electrons. The summed E-state index contributed by atoms with van der Waals surface area (Å²) in [5, 5.41) is 12.1. The van der Waals surface area contributed by atoms with Gasteiger partial charge in [-0.2, -0.15) is 0 Å². The van der Waals surface area contributed by atoms with Crippen molar-refractivity contribution in [2.45, 2.75) is 63.7 Å². The van der Waals surface area contributed by atoms with Crippen LogP contribution in [-0.2, 0) is 20.9 Å². The van der Waals surface area contributed by atoms with Crippen LogP contribution in [0.15, 0.2) is 22.4 Å². The summed E-state index contributed by atoms with van der Waals surface area (Å²) in [6, 6.07) is 0.576. The fourth-order valence-electron chi connectivity index (χ4n) is 7.14. The normalized spacial score (nSPS) is 35.5. The van der Waals surface area contributed by atoms with E-state index >= 15 is 0 Å². The van der Waals surface area contributed by atoms with Crippen LogP contribution in [-0.4, -0.2) is 50.0 Å². The van der Waals surface area contributed by atoms with E-state index in [2.05, 4.69) is 4.98 Å². The standard InChI is InChI=1S/C23H27N3O5S/c27-17-7-18(20(29)31-12-16-6-19(28)25-1-2-32-22(25)24-16)26(11-17)21(30)23-8-13-3-14(9-23)5-15(4-13)10-23/h1-2,6,13-15,17-18,27H,3-5,7-12H2/t13?,14?,15?,17?,18-,23?/m0/s1. The van der Waals surface area contributed by atoms with Crippen LogP contribution < -0.4 is 5.56 Å². The van der Waals surface area contributed by atoms with Crippen LogP contribution in [0.5, 0.6) is 0 Å². The molecule has 4 saturated carbocycles. The predicted octanol–water partition coefficient (Wildman–Crippen LogP) is 1.98. The minimum absolute atomic E-state index is 0.0338. The van der Waals surface area contributed by atoms with Gasteiger partial charge in [0.15, 0.2) is 4.96 Å². The lowest BCUT2D eigenvalue weighted by atomic mass is 9.49. The number of aromatic nitrogens is 2. The molecule has 5 fully saturated rings. The van der Waals surface area contributed by atoms with Crippen LogP contribution in [0.25, 0.3) is 4.96 Å². The molecule has 0 spiro atoms. The number of thiazole rings is 1. The summed E-state index contributed by atoms with van der Waals surface area (Å²) in [4.78, 5) is 45.4. The predicted molar refractivity (Wildman–Crippen MR) is 116 cm³/mol. The molecular weight excluding hydrogens is 430 g/mol. The van der Waals surface area contributed by atoms with Crippen LogP contribution in [0, 0.1) is 23.2 Å². The van der Waals surface area contributed by atoms with Gasteiger partial charge in [0.05, 0.1) is 17.2 Å². The van der Waals surface area contributed by atoms with Crippen molar-refractivity contribution in [2.24, 2.45) is 23.2 Å². The Morgan fingerprint density at radius 2 is 1.84 bits per heavy atom. The molecule has 4 bridgehead atoms. The van der Waals surface area contributed by atoms with Crippen molar-refractivity contribution in [3.63, 3.8) is 0 Å². The molecule has 2 aromatic rings. The van der Waals surface area contributed by atoms with Gasteiger partial charge in [0.1, 0.15) is 12.6 Å². The van der Waals surface area contributed by atoms with Gasteiger partial charge in [-0.25, -0.2) is 9.78 Å². The Bertz CT molecular complexity index is 1100. The summed E-state index contributed by atoms with van der Waals surface area (Å²) < 4.78 is 6.93. The van der Waals surface area contributed by atoms with Crippen LogP contribution in [0.1, 0.15) is 50.6 Å². The SMILES string of the molecule is O=C(OCc1cc(=O)n2ccsc2n1)[C@@H]1CC(O)CN1C(=O)C12CC3CC(CC(C3)C1)C2. The van der Waals surface area contributed by atoms with E-state index in [0.29, 0.717) is 28.4 Å². The highest BCUT2D eigenvalue weighted by molar-refractivity contribution is 7.15. The number of aliphatic hydroxyl groups excluding tert-OH is 1. The van der Waals surface area contributed by atoms with Gasteiger partial charge >= 0.3 is 5.97 Å². The van der Waals surface area contributed by atoms with E-state index in [1.165, 1.54) is 41.1 Å². The maximum absolute atomic E-state index is 13.7. The minimum atomic E-state index is -0.780. The lowest BCUT2D eigenvalue weighted by molar-refractivity contribution is -0.166. The highest BCUT2D eigenvalue weighted by Crippen LogP contribution is 2.60. The summed E-state index contributed by atoms with van der Waals surface area (Å²) in [6.45, 7) is 0.0512. The zero-order chi connectivity index (χ0) is 22.0. The van der Waals surface area contributed by atoms with Crippen molar-refractivity contribution in [3.8, 4) is 0 Å². The number of rotatable bonds is 4. The topological polar surface area (TPSA) is 101 Å². The number of aliphatic hydroxyl groups is 1. The average Bonchev–Trinajstić information content (AvgIpc) is 3.37. The summed E-state index contributed by atoms with van der Waals surface area (Å²) >= 11 is 1.33. The number of esters is 1. The number of hydrogen-bond acceptors (Lipinski definition) is 7. The number of carbonyl (C=O) groups is 2. The van der Waals surface area contributed by atoms with Gasteiger partial charge < -0.3 is 14.7 Å². The zero-order valence-electron chi connectivity index (χ0n) is 17.8. The molecule has 5 aliphatic rings. The van der Waals surface area contributed by atoms with Crippen molar-refractivity contribution >= 4 is 28.2 Å². The minimum Gasteiger partial charge on any atom is -0.458 e. The number of ether oxygens (including phenoxy) is 1. The fraction of sp³-hybridized carbons (Fsp3) is 0.652. The van der Waals surface area contributed by atoms with Gasteiger partial charge in [0, 0.05) is 30.6 Å². The maximum atomic E-state index is 13.7. The zero-order valence-corrected chi connectivity index (χ0v) is 18.6. The molecule has 1 aliphatic heterocycles. The van der Waals surface area contributed by atoms with Gasteiger partial charge in [-0.3, -0.25) is 14.0 Å². The Balaban J connectivity index is 1.18. The Morgan fingerprint density at radius 1 is 1.16 bits per heavy atom. The third-order valence-electron chi connectivity index (χ3n) is 8.02. The molecule has 1 amide bonds. The summed E-state index contributed by atoms with van der Waals surface area (Å²) in [7, 11) is 0. The molecule has 2 aromatic heterocycles. The second kappa shape index (κ2) is 7.38. The molecule has 9 heteroatoms. The maximum Gasteiger partial charge on any atom is 0.329 e. The van der Waals surface area contributed by atoms with Crippen molar-refractivity contribution < 1.29 is 19.4 Å². The van der Waals surface area contributed by atoms with Crippen molar-refractivity contribution in [3.05, 3.63) is 33.7 Å². The smallest absolute Gasteiger partial charge is 0.329 e. The number of carbonyl (C=O) groups excluding carboxylic acids is 2. The quantitative estimate of drug-likeness (QED) is 0.705. The van der Waals surface area contributed by atoms with E-state index in [4.69, 9.17) is 4.74 Å². The summed E-state index contributed by atoms with van der Waals surface area (Å²) in [6.07, 6.45) is 7.58. The van der Waals surface area contributed by atoms with Crippen molar-refractivity contribution in [1.82, 2.24) is 14.3 Å². The molecule has 4 aliphatic carbocycles. The van der Waals surface area contributed by atoms with E-state index in [0.717, 1.165) is 19.3 Å². The molecule has 1 N–H and O–H groups in total. The molecule has 8 nitrogen and oxygen atoms in total. The highest BCUT2D eigenvalue weighted by atomic mass is 32.1. The van der Waals surface area contributed by atoms with Gasteiger partial charge in [0.25, 0.3) is 5.56 Å². The van der Waals surface area contributed by atoms with E-state index in [9.17, 15) is 19.5 Å². The average molecular weight is 458 g/mol. The lowest BCUT2D eigenvalue weighted by Crippen LogP contribution is -2.56. The van der Waals surface area contributed by atoms with Crippen molar-refractivity contribution in [1.29, 1.82) is 0 Å². The molecule has 32 heavy (non-hydrogen) atoms. The van der Waals surface area contributed by atoms with Crippen LogP contribution >= 0.6 is 11.3 Å². The molecule has 1 unspecified atom stereocenters. The first kappa shape index (κ1) is 20.4. The molecule has 0 radical (unpaired) electrons. The monoisotopic (exact) mass is 457 g/mol. The van der Waals surface area contributed by atoms with Crippen LogP contribution in [0.2, 0.25) is 0 Å². The first-order chi connectivity index (χ1) is 15.4. The Kier molecular flexibility index (Phi) is 4.69. The number of hydrogen-bond donors (Lipinski definition) is 1. The summed E-state index contributed by atoms with van der Waals surface area (Å²) in [5.41, 5.74) is -0.210. The van der Waals surface area contributed by atoms with Crippen LogP contribution in [0.3, 0.4) is 0 Å². The second-order valence-corrected chi connectivity index (χ2v) is 11.2. The Morgan fingerprint density at radius 3 is 2.53 bits per heavy atom. The Hall–Kier alpha value is -2.26. The van der Waals surface area contributed by atoms with E-state index in [1.807, 2.05) is 0 Å². The summed E-state index contributed by atoms with van der Waals surface area (Å²) in [5.74, 6) is 1.38. The molecule has 1 saturated heterocycles. The molecule has 3 heterocycles. The number of amides is 1. The molecular formula is C23H27N3O5S. The van der Waals surface area contributed by atoms with Crippen molar-refractivity contribution in [2.75, 3.05) is 6.54 Å². The van der Waals surface area contributed by atoms with Gasteiger partial charge in [-0.05, 0) is 56.3 Å². The number of fused-ring (bicyclic) bond motifs is 1. The van der Waals surface area contributed by atoms with Crippen LogP contribution in [0.4, 0.5) is 0 Å². The molecule has 2 atom stereocenters. The molecule has 0 aromatic carbocycles. The number of β-amino-alcohol motifs (C(OH)–C–C–N with tert-alkyl or cyclic N) is 1. The van der Waals surface area contributed by atoms with E-state index in [1.54, 1.807) is 16.5 Å². The molecule has 7 rings (SSSR count). The Labute approximate surface area is 189 Å². The third-order valence-corrected chi connectivity index (χ3v) is 8.78. The number of likely N-dealkylation sites (tertiary alicyclic amines) is 1. The fourth-order valence-corrected chi connectivity index (χ4v) is 7.88. The van der Waals surface area contributed by atoms with E-state index in [-0.39, 0.29) is 36.5 Å². The highest BCUT2D eigenvalue weighted by Gasteiger charge is 2.57. The first-order valence-electron chi connectivity index (χ1n) is 11.5. The second-order valence-electron chi connectivity index (χ2n) is 10.3. The van der Waals surface area contributed by atoms with Gasteiger partial charge in [-0.15, -0.1) is 11.3 Å². The van der Waals surface area contributed by atoms with E-state index < -0.39 is 18.1 Å². The largest absolute Gasteiger partial charge is 0.458 e. The number of nitrogens with zero attached hydrogens (tertiary/aromatic N) is 3. The first-order valence-corrected chi connectivity index (χ1v) is 12.4.